The lowest BCUT2D eigenvalue weighted by molar-refractivity contribution is -0.143. The second-order valence-corrected chi connectivity index (χ2v) is 6.77. The molecule has 2 aromatic rings. The van der Waals surface area contributed by atoms with E-state index in [1.807, 2.05) is 24.8 Å². The molecule has 0 bridgehead atoms. The van der Waals surface area contributed by atoms with Crippen molar-refractivity contribution in [2.75, 3.05) is 6.61 Å². The summed E-state index contributed by atoms with van der Waals surface area (Å²) in [6.45, 7) is 4.68. The van der Waals surface area contributed by atoms with Gasteiger partial charge in [0, 0.05) is 13.5 Å². The first-order valence-electron chi connectivity index (χ1n) is 9.31. The Hall–Kier alpha value is -1.71. The molecule has 1 unspecified atom stereocenters. The first-order valence-corrected chi connectivity index (χ1v) is 9.31. The molecule has 0 aliphatic carbocycles. The quantitative estimate of drug-likeness (QED) is 0.417. The summed E-state index contributed by atoms with van der Waals surface area (Å²) < 4.78 is 12.3. The number of carbonyl (C=O) groups is 1. The van der Waals surface area contributed by atoms with Crippen molar-refractivity contribution in [2.24, 2.45) is 13.0 Å². The van der Waals surface area contributed by atoms with Gasteiger partial charge in [0.2, 0.25) is 0 Å². The Bertz CT molecular complexity index is 626. The summed E-state index contributed by atoms with van der Waals surface area (Å²) in [7, 11) is 1.97. The molecule has 1 aromatic carbocycles. The van der Waals surface area contributed by atoms with Crippen LogP contribution in [0.15, 0.2) is 22.7 Å². The van der Waals surface area contributed by atoms with Crippen molar-refractivity contribution >= 4 is 17.1 Å². The molecule has 1 aromatic heterocycles. The molecule has 1 atom stereocenters. The molecular weight excluding hydrogens is 302 g/mol. The largest absolute Gasteiger partial charge is 0.466 e. The number of fused-ring (bicyclic) bond motifs is 1. The molecule has 0 saturated carbocycles. The van der Waals surface area contributed by atoms with Crippen molar-refractivity contribution in [3.63, 3.8) is 0 Å². The summed E-state index contributed by atoms with van der Waals surface area (Å²) in [5.74, 6) is 0.629. The molecule has 4 nitrogen and oxygen atoms in total. The second-order valence-electron chi connectivity index (χ2n) is 6.77. The Labute approximate surface area is 145 Å². The predicted molar refractivity (Wildman–Crippen MR) is 97.0 cm³/mol. The fourth-order valence-electron chi connectivity index (χ4n) is 3.32. The molecule has 24 heavy (non-hydrogen) atoms. The van der Waals surface area contributed by atoms with Crippen LogP contribution in [0.2, 0.25) is 0 Å². The average molecular weight is 333 g/mol. The minimum absolute atomic E-state index is 0.0560. The van der Waals surface area contributed by atoms with Crippen molar-refractivity contribution in [3.8, 4) is 0 Å². The molecule has 0 saturated heterocycles. The predicted octanol–water partition coefficient (Wildman–Crippen LogP) is 5.24. The van der Waals surface area contributed by atoms with Gasteiger partial charge < -0.3 is 9.26 Å². The van der Waals surface area contributed by atoms with Gasteiger partial charge in [-0.3, -0.25) is 4.79 Å². The lowest BCUT2D eigenvalue weighted by Gasteiger charge is -2.16. The van der Waals surface area contributed by atoms with E-state index in [4.69, 9.17) is 9.26 Å². The fraction of sp³-hybridized carbons (Fsp3) is 0.650. The van der Waals surface area contributed by atoms with Gasteiger partial charge in [0.05, 0.1) is 6.61 Å². The number of benzene rings is 1. The summed E-state index contributed by atoms with van der Waals surface area (Å²) in [6.07, 6.45) is 8.75. The van der Waals surface area contributed by atoms with Gasteiger partial charge in [-0.2, -0.15) is 0 Å². The molecule has 0 aliphatic rings. The number of unbranched alkanes of at least 4 members (excludes halogenated alkanes) is 4. The smallest absolute Gasteiger partial charge is 0.305 e. The third kappa shape index (κ3) is 5.43. The van der Waals surface area contributed by atoms with E-state index in [9.17, 15) is 4.79 Å². The number of esters is 1. The molecule has 0 amide bonds. The zero-order chi connectivity index (χ0) is 17.4. The van der Waals surface area contributed by atoms with Crippen molar-refractivity contribution in [3.05, 3.63) is 23.8 Å². The molecule has 4 heteroatoms. The van der Waals surface area contributed by atoms with Gasteiger partial charge in [-0.25, -0.2) is 4.74 Å². The summed E-state index contributed by atoms with van der Waals surface area (Å²) in [5, 5.41) is 0. The molecular formula is C20H31NO3. The van der Waals surface area contributed by atoms with Gasteiger partial charge in [0.15, 0.2) is 5.58 Å². The molecule has 2 rings (SSSR count). The van der Waals surface area contributed by atoms with Gasteiger partial charge in [-0.1, -0.05) is 51.2 Å². The Kier molecular flexibility index (Phi) is 7.41. The van der Waals surface area contributed by atoms with E-state index < -0.39 is 0 Å². The molecule has 0 spiro atoms. The van der Waals surface area contributed by atoms with Crippen LogP contribution in [0.25, 0.3) is 11.1 Å². The highest BCUT2D eigenvalue weighted by Crippen LogP contribution is 2.25. The average Bonchev–Trinajstić information content (AvgIpc) is 2.53. The van der Waals surface area contributed by atoms with Crippen LogP contribution < -0.4 is 0 Å². The number of aromatic nitrogens is 1. The van der Waals surface area contributed by atoms with Gasteiger partial charge in [-0.15, -0.1) is 0 Å². The Balaban J connectivity index is 1.57. The van der Waals surface area contributed by atoms with Crippen molar-refractivity contribution in [2.45, 2.75) is 65.2 Å². The van der Waals surface area contributed by atoms with E-state index in [0.29, 0.717) is 18.9 Å². The Morgan fingerprint density at radius 2 is 1.96 bits per heavy atom. The number of nitrogens with zero attached hydrogens (tertiary/aromatic N) is 1. The highest BCUT2D eigenvalue weighted by molar-refractivity contribution is 5.78. The maximum atomic E-state index is 11.2. The number of ether oxygens (including phenoxy) is 1. The number of hydrogen-bond donors (Lipinski definition) is 0. The van der Waals surface area contributed by atoms with Crippen LogP contribution in [0, 0.1) is 5.92 Å². The van der Waals surface area contributed by atoms with Crippen LogP contribution in [-0.2, 0) is 23.0 Å². The second kappa shape index (κ2) is 9.55. The van der Waals surface area contributed by atoms with Gasteiger partial charge in [-0.05, 0) is 37.3 Å². The minimum atomic E-state index is -0.0560. The number of carbonyl (C=O) groups excluding carboxylic acids is 1. The van der Waals surface area contributed by atoms with Gasteiger partial charge >= 0.3 is 5.97 Å². The Morgan fingerprint density at radius 3 is 2.71 bits per heavy atom. The van der Waals surface area contributed by atoms with E-state index in [-0.39, 0.29) is 5.97 Å². The van der Waals surface area contributed by atoms with E-state index in [2.05, 4.69) is 19.1 Å². The van der Waals surface area contributed by atoms with E-state index in [1.165, 1.54) is 36.8 Å². The number of hydrogen-bond acceptors (Lipinski definition) is 3. The third-order valence-corrected chi connectivity index (χ3v) is 4.58. The number of para-hydroxylation sites is 1. The van der Waals surface area contributed by atoms with E-state index >= 15 is 0 Å². The summed E-state index contributed by atoms with van der Waals surface area (Å²) >= 11 is 0. The van der Waals surface area contributed by atoms with Gasteiger partial charge in [0.1, 0.15) is 5.52 Å². The van der Waals surface area contributed by atoms with E-state index in [0.717, 1.165) is 24.8 Å². The molecule has 1 heterocycles. The number of aryl methyl sites for hydroxylation is 1. The van der Waals surface area contributed by atoms with Crippen LogP contribution in [0.1, 0.15) is 64.4 Å². The summed E-state index contributed by atoms with van der Waals surface area (Å²) in [4.78, 5) is 11.2. The first-order chi connectivity index (χ1) is 11.6. The maximum Gasteiger partial charge on any atom is 0.305 e. The summed E-state index contributed by atoms with van der Waals surface area (Å²) in [6, 6.07) is 6.32. The Morgan fingerprint density at radius 1 is 1.21 bits per heavy atom. The highest BCUT2D eigenvalue weighted by atomic mass is 16.5. The number of rotatable bonds is 11. The zero-order valence-corrected chi connectivity index (χ0v) is 15.3. The zero-order valence-electron chi connectivity index (χ0n) is 15.3. The normalized spacial score (nSPS) is 12.6. The fourth-order valence-corrected chi connectivity index (χ4v) is 3.32. The van der Waals surface area contributed by atoms with Gasteiger partial charge in [0.25, 0.3) is 0 Å². The summed E-state index contributed by atoms with van der Waals surface area (Å²) in [5.41, 5.74) is 3.65. The van der Waals surface area contributed by atoms with Crippen molar-refractivity contribution < 1.29 is 14.1 Å². The standard InChI is InChI=1S/C20H31NO3/c1-4-23-19(22)14-9-7-5-6-8-11-16(2)15-17-12-10-13-18-20(17)21(3)24-18/h10,12-13,16H,4-9,11,14-15H2,1-3H3. The SMILES string of the molecule is CCOC(=O)CCCCCCCC(C)Cc1cccc2on(C)c12. The van der Waals surface area contributed by atoms with Crippen LogP contribution in [0.3, 0.4) is 0 Å². The van der Waals surface area contributed by atoms with E-state index in [1.54, 1.807) is 0 Å². The molecule has 0 N–H and O–H groups in total. The molecule has 0 aliphatic heterocycles. The maximum absolute atomic E-state index is 11.2. The monoisotopic (exact) mass is 333 g/mol. The topological polar surface area (TPSA) is 44.4 Å². The lowest BCUT2D eigenvalue weighted by Crippen LogP contribution is -2.06. The van der Waals surface area contributed by atoms with Crippen molar-refractivity contribution in [1.29, 1.82) is 0 Å². The van der Waals surface area contributed by atoms with Crippen LogP contribution in [0.4, 0.5) is 0 Å². The lowest BCUT2D eigenvalue weighted by atomic mass is 9.94. The molecule has 134 valence electrons. The highest BCUT2D eigenvalue weighted by Gasteiger charge is 2.13. The molecule has 0 radical (unpaired) electrons. The van der Waals surface area contributed by atoms with Crippen LogP contribution in [0.5, 0.6) is 0 Å². The molecule has 0 fully saturated rings. The van der Waals surface area contributed by atoms with Crippen LogP contribution >= 0.6 is 0 Å². The minimum Gasteiger partial charge on any atom is -0.466 e. The first kappa shape index (κ1) is 18.6. The third-order valence-electron chi connectivity index (χ3n) is 4.58. The van der Waals surface area contributed by atoms with Crippen LogP contribution in [-0.4, -0.2) is 17.3 Å². The van der Waals surface area contributed by atoms with Crippen molar-refractivity contribution in [1.82, 2.24) is 4.74 Å².